The number of anilines is 1. The van der Waals surface area contributed by atoms with E-state index >= 15 is 0 Å². The zero-order chi connectivity index (χ0) is 23.0. The standard InChI is InChI=1S/C26H35N5O2/c1-19-7-10-21(24(15-19)33-23-5-3-4-6-23)17-30-26(27-2)29-16-20-8-11-22(12-9-20)31-14-13-28-25(32)18-31/h7-12,15,23H,3-6,13-14,16-18H2,1-2H3,(H,28,32)(H2,27,29,30). The number of piperazine rings is 1. The van der Waals surface area contributed by atoms with Gasteiger partial charge in [0.1, 0.15) is 5.75 Å². The van der Waals surface area contributed by atoms with Gasteiger partial charge >= 0.3 is 0 Å². The van der Waals surface area contributed by atoms with Crippen LogP contribution in [-0.2, 0) is 17.9 Å². The van der Waals surface area contributed by atoms with Crippen LogP contribution in [0.4, 0.5) is 5.69 Å². The molecule has 0 spiro atoms. The number of aliphatic imine (C=N–C) groups is 1. The zero-order valence-corrected chi connectivity index (χ0v) is 19.7. The number of nitrogens with zero attached hydrogens (tertiary/aromatic N) is 2. The molecule has 7 heteroatoms. The van der Waals surface area contributed by atoms with Gasteiger partial charge in [-0.25, -0.2) is 0 Å². The third-order valence-corrected chi connectivity index (χ3v) is 6.29. The van der Waals surface area contributed by atoms with Crippen LogP contribution in [0.3, 0.4) is 0 Å². The molecule has 2 aromatic rings. The number of rotatable bonds is 7. The normalized spacial score (nSPS) is 17.1. The minimum absolute atomic E-state index is 0.0762. The molecule has 4 rings (SSSR count). The Morgan fingerprint density at radius 1 is 1.12 bits per heavy atom. The molecule has 176 valence electrons. The van der Waals surface area contributed by atoms with Crippen molar-refractivity contribution >= 4 is 17.6 Å². The van der Waals surface area contributed by atoms with Crippen LogP contribution in [0, 0.1) is 6.92 Å². The first-order valence-corrected chi connectivity index (χ1v) is 11.9. The molecule has 2 aromatic carbocycles. The average molecular weight is 450 g/mol. The molecule has 0 radical (unpaired) electrons. The van der Waals surface area contributed by atoms with Gasteiger partial charge < -0.3 is 25.6 Å². The van der Waals surface area contributed by atoms with Crippen LogP contribution in [-0.4, -0.2) is 44.7 Å². The number of ether oxygens (including phenoxy) is 1. The van der Waals surface area contributed by atoms with Gasteiger partial charge in [-0.1, -0.05) is 24.3 Å². The van der Waals surface area contributed by atoms with Crippen LogP contribution in [0.25, 0.3) is 0 Å². The fraction of sp³-hybridized carbons (Fsp3) is 0.462. The molecule has 1 heterocycles. The maximum atomic E-state index is 11.6. The predicted molar refractivity (Wildman–Crippen MR) is 133 cm³/mol. The molecule has 0 aromatic heterocycles. The highest BCUT2D eigenvalue weighted by Gasteiger charge is 2.18. The molecule has 1 amide bonds. The van der Waals surface area contributed by atoms with Crippen LogP contribution in [0.5, 0.6) is 5.75 Å². The van der Waals surface area contributed by atoms with Crippen molar-refractivity contribution in [3.63, 3.8) is 0 Å². The van der Waals surface area contributed by atoms with E-state index in [1.54, 1.807) is 7.05 Å². The minimum atomic E-state index is 0.0762. The first-order chi connectivity index (χ1) is 16.1. The Hall–Kier alpha value is -3.22. The van der Waals surface area contributed by atoms with Crippen LogP contribution < -0.4 is 25.6 Å². The lowest BCUT2D eigenvalue weighted by molar-refractivity contribution is -0.120. The van der Waals surface area contributed by atoms with Gasteiger partial charge in [0.25, 0.3) is 0 Å². The number of guanidine groups is 1. The number of hydrogen-bond acceptors (Lipinski definition) is 4. The summed E-state index contributed by atoms with van der Waals surface area (Å²) in [6.45, 7) is 5.37. The van der Waals surface area contributed by atoms with E-state index in [0.717, 1.165) is 47.9 Å². The Morgan fingerprint density at radius 3 is 2.61 bits per heavy atom. The second-order valence-corrected chi connectivity index (χ2v) is 8.85. The Labute approximate surface area is 196 Å². The van der Waals surface area contributed by atoms with Crippen LogP contribution >= 0.6 is 0 Å². The number of benzene rings is 2. The van der Waals surface area contributed by atoms with Crippen molar-refractivity contribution < 1.29 is 9.53 Å². The lowest BCUT2D eigenvalue weighted by atomic mass is 10.1. The van der Waals surface area contributed by atoms with Crippen LogP contribution in [0.2, 0.25) is 0 Å². The molecule has 2 fully saturated rings. The van der Waals surface area contributed by atoms with Gasteiger partial charge in [-0.15, -0.1) is 0 Å². The summed E-state index contributed by atoms with van der Waals surface area (Å²) in [6, 6.07) is 14.7. The fourth-order valence-corrected chi connectivity index (χ4v) is 4.37. The highest BCUT2D eigenvalue weighted by atomic mass is 16.5. The Kier molecular flexibility index (Phi) is 7.70. The summed E-state index contributed by atoms with van der Waals surface area (Å²) in [5.74, 6) is 1.80. The second kappa shape index (κ2) is 11.1. The van der Waals surface area contributed by atoms with Crippen LogP contribution in [0.15, 0.2) is 47.5 Å². The van der Waals surface area contributed by atoms with Crippen molar-refractivity contribution in [3.05, 3.63) is 59.2 Å². The number of carbonyl (C=O) groups is 1. The number of hydrogen-bond donors (Lipinski definition) is 3. The van der Waals surface area contributed by atoms with E-state index in [1.165, 1.54) is 18.4 Å². The lowest BCUT2D eigenvalue weighted by Crippen LogP contribution is -2.47. The molecule has 2 aliphatic rings. The number of aryl methyl sites for hydroxylation is 1. The molecule has 1 saturated heterocycles. The van der Waals surface area contributed by atoms with E-state index in [4.69, 9.17) is 4.74 Å². The SMILES string of the molecule is CN=C(NCc1ccc(N2CCNC(=O)C2)cc1)NCc1ccc(C)cc1OC1CCCC1. The van der Waals surface area contributed by atoms with E-state index in [0.29, 0.717) is 32.3 Å². The molecule has 0 atom stereocenters. The van der Waals surface area contributed by atoms with Crippen molar-refractivity contribution in [1.82, 2.24) is 16.0 Å². The largest absolute Gasteiger partial charge is 0.490 e. The molecule has 1 saturated carbocycles. The summed E-state index contributed by atoms with van der Waals surface area (Å²) in [6.07, 6.45) is 5.15. The quantitative estimate of drug-likeness (QED) is 0.447. The smallest absolute Gasteiger partial charge is 0.239 e. The molecule has 3 N–H and O–H groups in total. The number of nitrogens with one attached hydrogen (secondary N) is 3. The van der Waals surface area contributed by atoms with E-state index in [9.17, 15) is 4.79 Å². The van der Waals surface area contributed by atoms with Gasteiger partial charge in [0, 0.05) is 44.5 Å². The molecule has 33 heavy (non-hydrogen) atoms. The highest BCUT2D eigenvalue weighted by molar-refractivity contribution is 5.82. The fourth-order valence-electron chi connectivity index (χ4n) is 4.37. The topological polar surface area (TPSA) is 78.0 Å². The van der Waals surface area contributed by atoms with Crippen molar-refractivity contribution in [1.29, 1.82) is 0 Å². The average Bonchev–Trinajstić information content (AvgIpc) is 3.34. The molecule has 0 bridgehead atoms. The lowest BCUT2D eigenvalue weighted by Gasteiger charge is -2.28. The third kappa shape index (κ3) is 6.40. The Bertz CT molecular complexity index is 967. The van der Waals surface area contributed by atoms with Crippen molar-refractivity contribution in [2.24, 2.45) is 4.99 Å². The molecular formula is C26H35N5O2. The monoisotopic (exact) mass is 449 g/mol. The van der Waals surface area contributed by atoms with E-state index in [-0.39, 0.29) is 5.91 Å². The van der Waals surface area contributed by atoms with Gasteiger partial charge in [0.05, 0.1) is 12.6 Å². The van der Waals surface area contributed by atoms with Crippen molar-refractivity contribution in [2.75, 3.05) is 31.6 Å². The van der Waals surface area contributed by atoms with E-state index in [2.05, 4.69) is 75.2 Å². The van der Waals surface area contributed by atoms with Gasteiger partial charge in [0.2, 0.25) is 5.91 Å². The maximum absolute atomic E-state index is 11.6. The second-order valence-electron chi connectivity index (χ2n) is 8.85. The summed E-state index contributed by atoms with van der Waals surface area (Å²) in [7, 11) is 1.78. The Morgan fingerprint density at radius 2 is 1.88 bits per heavy atom. The molecular weight excluding hydrogens is 414 g/mol. The summed E-state index contributed by atoms with van der Waals surface area (Å²) in [4.78, 5) is 18.1. The molecule has 1 aliphatic heterocycles. The van der Waals surface area contributed by atoms with Crippen molar-refractivity contribution in [3.8, 4) is 5.75 Å². The first kappa shape index (κ1) is 23.0. The molecule has 7 nitrogen and oxygen atoms in total. The van der Waals surface area contributed by atoms with E-state index < -0.39 is 0 Å². The minimum Gasteiger partial charge on any atom is -0.490 e. The Balaban J connectivity index is 1.30. The van der Waals surface area contributed by atoms with Crippen molar-refractivity contribution in [2.45, 2.75) is 51.8 Å². The zero-order valence-electron chi connectivity index (χ0n) is 19.7. The summed E-state index contributed by atoms with van der Waals surface area (Å²) < 4.78 is 6.32. The highest BCUT2D eigenvalue weighted by Crippen LogP contribution is 2.27. The predicted octanol–water partition coefficient (Wildman–Crippen LogP) is 3.12. The first-order valence-electron chi connectivity index (χ1n) is 11.9. The molecule has 1 aliphatic carbocycles. The summed E-state index contributed by atoms with van der Waals surface area (Å²) >= 11 is 0. The maximum Gasteiger partial charge on any atom is 0.239 e. The number of carbonyl (C=O) groups excluding carboxylic acids is 1. The van der Waals surface area contributed by atoms with Gasteiger partial charge in [0.15, 0.2) is 5.96 Å². The van der Waals surface area contributed by atoms with Gasteiger partial charge in [-0.05, 0) is 61.9 Å². The van der Waals surface area contributed by atoms with Gasteiger partial charge in [-0.3, -0.25) is 9.79 Å². The third-order valence-electron chi connectivity index (χ3n) is 6.29. The molecule has 0 unspecified atom stereocenters. The summed E-state index contributed by atoms with van der Waals surface area (Å²) in [5, 5.41) is 9.66. The van der Waals surface area contributed by atoms with Crippen LogP contribution in [0.1, 0.15) is 42.4 Å². The number of amides is 1. The van der Waals surface area contributed by atoms with E-state index in [1.807, 2.05) is 0 Å². The van der Waals surface area contributed by atoms with Gasteiger partial charge in [-0.2, -0.15) is 0 Å². The summed E-state index contributed by atoms with van der Waals surface area (Å²) in [5.41, 5.74) is 4.59.